The summed E-state index contributed by atoms with van der Waals surface area (Å²) in [5.74, 6) is -0.00528. The lowest BCUT2D eigenvalue weighted by molar-refractivity contribution is -0.143. The predicted octanol–water partition coefficient (Wildman–Crippen LogP) is 27.2. The molecule has 0 aromatic heterocycles. The molecular weight excluding hydrogens is 1090 g/mol. The van der Waals surface area contributed by atoms with E-state index in [4.69, 9.17) is 4.74 Å². The van der Waals surface area contributed by atoms with Gasteiger partial charge in [-0.15, -0.1) is 0 Å². The van der Waals surface area contributed by atoms with Gasteiger partial charge >= 0.3 is 5.97 Å². The van der Waals surface area contributed by atoms with E-state index in [1.165, 1.54) is 392 Å². The van der Waals surface area contributed by atoms with Gasteiger partial charge in [0.05, 0.1) is 25.4 Å². The van der Waals surface area contributed by atoms with Gasteiger partial charge in [0.1, 0.15) is 0 Å². The van der Waals surface area contributed by atoms with Crippen LogP contribution in [0.4, 0.5) is 0 Å². The number of nitrogens with one attached hydrogen (secondary N) is 1. The lowest BCUT2D eigenvalue weighted by Crippen LogP contribution is -2.45. The Bertz CT molecular complexity index is 1400. The second-order valence-corrected chi connectivity index (χ2v) is 28.5. The summed E-state index contributed by atoms with van der Waals surface area (Å²) in [5.41, 5.74) is 0. The number of carbonyl (C=O) groups excluding carboxylic acids is 2. The topological polar surface area (TPSA) is 95.9 Å². The Labute approximate surface area is 558 Å². The molecule has 0 saturated heterocycles. The molecule has 0 aliphatic heterocycles. The van der Waals surface area contributed by atoms with Gasteiger partial charge in [-0.1, -0.05) is 423 Å². The van der Waals surface area contributed by atoms with Crippen LogP contribution in [0.1, 0.15) is 470 Å². The third-order valence-electron chi connectivity index (χ3n) is 19.5. The first kappa shape index (κ1) is 87.3. The maximum Gasteiger partial charge on any atom is 0.305 e. The first-order chi connectivity index (χ1) is 44.0. The average molecular weight is 1250 g/mol. The average Bonchev–Trinajstić information content (AvgIpc) is 3.67. The normalized spacial score (nSPS) is 12.5. The Morgan fingerprint density at radius 2 is 0.562 bits per heavy atom. The molecule has 1 amide bonds. The minimum Gasteiger partial charge on any atom is -0.466 e. The summed E-state index contributed by atoms with van der Waals surface area (Å²) in [6.07, 6.45) is 101. The Kier molecular flexibility index (Phi) is 77.3. The number of unbranched alkanes of at least 4 members (excludes halogenated alkanes) is 63. The van der Waals surface area contributed by atoms with E-state index in [-0.39, 0.29) is 18.5 Å². The Morgan fingerprint density at radius 3 is 0.854 bits per heavy atom. The van der Waals surface area contributed by atoms with E-state index in [9.17, 15) is 19.8 Å². The van der Waals surface area contributed by atoms with Crippen molar-refractivity contribution in [3.63, 3.8) is 0 Å². The summed E-state index contributed by atoms with van der Waals surface area (Å²) in [4.78, 5) is 24.6. The Balaban J connectivity index is 3.35. The van der Waals surface area contributed by atoms with Crippen LogP contribution in [0.15, 0.2) is 24.3 Å². The highest BCUT2D eigenvalue weighted by Crippen LogP contribution is 2.20. The van der Waals surface area contributed by atoms with Gasteiger partial charge < -0.3 is 20.3 Å². The summed E-state index contributed by atoms with van der Waals surface area (Å²) in [5, 5.41) is 23.5. The van der Waals surface area contributed by atoms with Gasteiger partial charge in [-0.2, -0.15) is 0 Å². The molecule has 0 aliphatic carbocycles. The van der Waals surface area contributed by atoms with Crippen molar-refractivity contribution in [2.75, 3.05) is 13.2 Å². The van der Waals surface area contributed by atoms with E-state index in [1.54, 1.807) is 0 Å². The second-order valence-electron chi connectivity index (χ2n) is 28.5. The lowest BCUT2D eigenvalue weighted by Gasteiger charge is -2.22. The van der Waals surface area contributed by atoms with Crippen molar-refractivity contribution in [1.29, 1.82) is 0 Å². The maximum atomic E-state index is 12.6. The minimum absolute atomic E-state index is 0.0209. The molecule has 3 N–H and O–H groups in total. The Hall–Kier alpha value is -1.66. The number of ether oxygens (including phenoxy) is 1. The fourth-order valence-corrected chi connectivity index (χ4v) is 13.3. The smallest absolute Gasteiger partial charge is 0.305 e. The van der Waals surface area contributed by atoms with Crippen molar-refractivity contribution in [2.24, 2.45) is 0 Å². The van der Waals surface area contributed by atoms with Gasteiger partial charge in [0.25, 0.3) is 0 Å². The molecule has 0 aromatic rings. The van der Waals surface area contributed by atoms with E-state index >= 15 is 0 Å². The molecule has 89 heavy (non-hydrogen) atoms. The largest absolute Gasteiger partial charge is 0.466 e. The number of aliphatic hydroxyl groups excluding tert-OH is 2. The van der Waals surface area contributed by atoms with Crippen LogP contribution < -0.4 is 5.32 Å². The maximum absolute atomic E-state index is 12.6. The fourth-order valence-electron chi connectivity index (χ4n) is 13.3. The van der Waals surface area contributed by atoms with Gasteiger partial charge in [-0.25, -0.2) is 0 Å². The number of hydrogen-bond donors (Lipinski definition) is 3. The number of amides is 1. The van der Waals surface area contributed by atoms with Crippen LogP contribution in [0.2, 0.25) is 0 Å². The number of esters is 1. The molecule has 528 valence electrons. The summed E-state index contributed by atoms with van der Waals surface area (Å²) in [6, 6.07) is -0.540. The van der Waals surface area contributed by atoms with Crippen molar-refractivity contribution in [1.82, 2.24) is 5.32 Å². The third-order valence-corrected chi connectivity index (χ3v) is 19.5. The van der Waals surface area contributed by atoms with Crippen LogP contribution in [0.25, 0.3) is 0 Å². The van der Waals surface area contributed by atoms with E-state index in [1.807, 2.05) is 0 Å². The second kappa shape index (κ2) is 78.8. The molecule has 6 heteroatoms. The third kappa shape index (κ3) is 75.3. The van der Waals surface area contributed by atoms with Crippen LogP contribution >= 0.6 is 0 Å². The van der Waals surface area contributed by atoms with Crippen LogP contribution in [0.3, 0.4) is 0 Å². The summed E-state index contributed by atoms with van der Waals surface area (Å²) in [7, 11) is 0. The van der Waals surface area contributed by atoms with Crippen LogP contribution in [-0.4, -0.2) is 47.4 Å². The molecule has 0 bridgehead atoms. The molecule has 0 radical (unpaired) electrons. The van der Waals surface area contributed by atoms with E-state index in [2.05, 4.69) is 43.5 Å². The number of rotatable bonds is 78. The van der Waals surface area contributed by atoms with Crippen LogP contribution in [-0.2, 0) is 14.3 Å². The molecule has 0 rings (SSSR count). The summed E-state index contributed by atoms with van der Waals surface area (Å²) < 4.78 is 5.48. The van der Waals surface area contributed by atoms with Crippen molar-refractivity contribution in [3.05, 3.63) is 24.3 Å². The van der Waals surface area contributed by atoms with Gasteiger partial charge in [-0.05, 0) is 57.8 Å². The molecule has 0 fully saturated rings. The first-order valence-corrected chi connectivity index (χ1v) is 41.1. The van der Waals surface area contributed by atoms with E-state index in [0.717, 1.165) is 44.9 Å². The highest BCUT2D eigenvalue weighted by Gasteiger charge is 2.20. The molecular formula is C83H161NO5. The molecule has 2 unspecified atom stereocenters. The van der Waals surface area contributed by atoms with Gasteiger partial charge in [0.15, 0.2) is 0 Å². The first-order valence-electron chi connectivity index (χ1n) is 41.1. The monoisotopic (exact) mass is 1250 g/mol. The van der Waals surface area contributed by atoms with Gasteiger partial charge in [-0.3, -0.25) is 9.59 Å². The highest BCUT2D eigenvalue weighted by molar-refractivity contribution is 5.76. The zero-order valence-corrected chi connectivity index (χ0v) is 60.7. The van der Waals surface area contributed by atoms with Gasteiger partial charge in [0.2, 0.25) is 5.91 Å². The van der Waals surface area contributed by atoms with Crippen molar-refractivity contribution in [2.45, 2.75) is 482 Å². The molecule has 0 saturated carbocycles. The van der Waals surface area contributed by atoms with Crippen molar-refractivity contribution < 1.29 is 24.5 Å². The predicted molar refractivity (Wildman–Crippen MR) is 393 cm³/mol. The van der Waals surface area contributed by atoms with E-state index < -0.39 is 12.1 Å². The quantitative estimate of drug-likeness (QED) is 0.0320. The number of allylic oxidation sites excluding steroid dienone is 4. The highest BCUT2D eigenvalue weighted by atomic mass is 16.5. The minimum atomic E-state index is -0.663. The molecule has 2 atom stereocenters. The zero-order valence-electron chi connectivity index (χ0n) is 60.7. The molecule has 0 spiro atoms. The number of carbonyl (C=O) groups is 2. The van der Waals surface area contributed by atoms with E-state index in [0.29, 0.717) is 25.9 Å². The van der Waals surface area contributed by atoms with Crippen molar-refractivity contribution in [3.8, 4) is 0 Å². The fraction of sp³-hybridized carbons (Fsp3) is 0.928. The molecule has 0 aromatic carbocycles. The standard InChI is InChI=1S/C83H161NO5/c1-3-5-7-9-11-13-15-16-17-18-19-20-40-43-46-49-52-56-59-63-67-71-75-81(86)80(79-85)84-82(87)76-72-68-64-60-57-53-50-47-44-41-38-36-34-32-30-28-26-24-22-21-23-25-27-29-31-33-35-37-39-42-45-48-51-54-58-62-66-70-74-78-89-83(88)77-73-69-65-61-55-14-12-10-8-6-4-2/h21-22,25,27,80-81,85-86H,3-20,23-24,26,28-79H2,1-2H3,(H,84,87)/b22-21-,27-25-. The lowest BCUT2D eigenvalue weighted by atomic mass is 10.0. The number of aliphatic hydroxyl groups is 2. The molecule has 0 aliphatic rings. The summed E-state index contributed by atoms with van der Waals surface area (Å²) >= 11 is 0. The zero-order chi connectivity index (χ0) is 64.2. The summed E-state index contributed by atoms with van der Waals surface area (Å²) in [6.45, 7) is 5.00. The van der Waals surface area contributed by atoms with Crippen molar-refractivity contribution >= 4 is 11.9 Å². The van der Waals surface area contributed by atoms with Gasteiger partial charge in [0, 0.05) is 12.8 Å². The molecule has 6 nitrogen and oxygen atoms in total. The SMILES string of the molecule is CCCCCCCCCCCCCCCCCCCCCCCCC(O)C(CO)NC(=O)CCCCCCCCCCCCCCCCCCC/C=C\C/C=C\CCCCCCCCCCCCCCCCCOC(=O)CCCCCCCCCCCCC. The van der Waals surface area contributed by atoms with Crippen LogP contribution in [0, 0.1) is 0 Å². The Morgan fingerprint density at radius 1 is 0.315 bits per heavy atom. The number of hydrogen-bond acceptors (Lipinski definition) is 5. The molecule has 0 heterocycles. The van der Waals surface area contributed by atoms with Crippen LogP contribution in [0.5, 0.6) is 0 Å².